The van der Waals surface area contributed by atoms with Crippen molar-refractivity contribution in [2.45, 2.75) is 46.1 Å². The van der Waals surface area contributed by atoms with Crippen molar-refractivity contribution in [3.05, 3.63) is 28.2 Å². The van der Waals surface area contributed by atoms with Gasteiger partial charge in [0.1, 0.15) is 0 Å². The Kier molecular flexibility index (Phi) is 6.87. The molecule has 3 heteroatoms. The third-order valence-electron chi connectivity index (χ3n) is 3.74. The zero-order valence-electron chi connectivity index (χ0n) is 12.6. The smallest absolute Gasteiger partial charge is 0.0397 e. The van der Waals surface area contributed by atoms with Crippen molar-refractivity contribution in [1.29, 1.82) is 0 Å². The molecule has 19 heavy (non-hydrogen) atoms. The third-order valence-corrected chi connectivity index (χ3v) is 4.23. The Morgan fingerprint density at radius 3 is 2.53 bits per heavy atom. The molecule has 1 rings (SSSR count). The Morgan fingerprint density at radius 2 is 1.95 bits per heavy atom. The van der Waals surface area contributed by atoms with Gasteiger partial charge < -0.3 is 10.6 Å². The Labute approximate surface area is 126 Å². The van der Waals surface area contributed by atoms with Crippen molar-refractivity contribution in [1.82, 2.24) is 0 Å². The molecule has 0 aliphatic carbocycles. The largest absolute Gasteiger partial charge is 0.374 e. The molecule has 0 saturated carbocycles. The SMILES string of the molecule is CCC(C)CN(C)c1ccc(Br)cc1CC(N)CC. The maximum atomic E-state index is 6.12. The van der Waals surface area contributed by atoms with Crippen LogP contribution in [0.25, 0.3) is 0 Å². The molecule has 0 bridgehead atoms. The van der Waals surface area contributed by atoms with Gasteiger partial charge in [-0.1, -0.05) is 43.1 Å². The van der Waals surface area contributed by atoms with E-state index >= 15 is 0 Å². The molecule has 0 aliphatic rings. The molecule has 1 aromatic carbocycles. The first-order valence-corrected chi connectivity index (χ1v) is 8.02. The highest BCUT2D eigenvalue weighted by molar-refractivity contribution is 9.10. The van der Waals surface area contributed by atoms with Gasteiger partial charge in [0.15, 0.2) is 0 Å². The van der Waals surface area contributed by atoms with E-state index in [-0.39, 0.29) is 6.04 Å². The van der Waals surface area contributed by atoms with E-state index in [1.54, 1.807) is 0 Å². The molecule has 2 N–H and O–H groups in total. The summed E-state index contributed by atoms with van der Waals surface area (Å²) in [5.74, 6) is 0.710. The summed E-state index contributed by atoms with van der Waals surface area (Å²) in [7, 11) is 2.18. The van der Waals surface area contributed by atoms with E-state index in [1.165, 1.54) is 17.7 Å². The molecule has 0 heterocycles. The van der Waals surface area contributed by atoms with Crippen LogP contribution in [0, 0.1) is 5.92 Å². The summed E-state index contributed by atoms with van der Waals surface area (Å²) in [4.78, 5) is 2.36. The second-order valence-electron chi connectivity index (χ2n) is 5.54. The highest BCUT2D eigenvalue weighted by Gasteiger charge is 2.12. The van der Waals surface area contributed by atoms with Crippen molar-refractivity contribution in [3.63, 3.8) is 0 Å². The first kappa shape index (κ1) is 16.5. The van der Waals surface area contributed by atoms with Gasteiger partial charge in [-0.2, -0.15) is 0 Å². The maximum Gasteiger partial charge on any atom is 0.0397 e. The second-order valence-corrected chi connectivity index (χ2v) is 6.46. The molecule has 2 atom stereocenters. The fraction of sp³-hybridized carbons (Fsp3) is 0.625. The van der Waals surface area contributed by atoms with Crippen LogP contribution in [0.3, 0.4) is 0 Å². The van der Waals surface area contributed by atoms with E-state index in [1.807, 2.05) is 0 Å². The quantitative estimate of drug-likeness (QED) is 0.813. The minimum Gasteiger partial charge on any atom is -0.374 e. The lowest BCUT2D eigenvalue weighted by Crippen LogP contribution is -2.27. The fourth-order valence-corrected chi connectivity index (χ4v) is 2.62. The van der Waals surface area contributed by atoms with Crippen molar-refractivity contribution in [2.75, 3.05) is 18.5 Å². The van der Waals surface area contributed by atoms with Gasteiger partial charge in [-0.25, -0.2) is 0 Å². The first-order chi connectivity index (χ1) is 8.97. The van der Waals surface area contributed by atoms with Gasteiger partial charge >= 0.3 is 0 Å². The van der Waals surface area contributed by atoms with Crippen LogP contribution < -0.4 is 10.6 Å². The minimum atomic E-state index is 0.241. The number of nitrogens with zero attached hydrogens (tertiary/aromatic N) is 1. The number of halogens is 1. The number of rotatable bonds is 7. The number of hydrogen-bond donors (Lipinski definition) is 1. The molecule has 0 aliphatic heterocycles. The Balaban J connectivity index is 2.92. The van der Waals surface area contributed by atoms with Crippen LogP contribution in [0.1, 0.15) is 39.2 Å². The van der Waals surface area contributed by atoms with Gasteiger partial charge in [0, 0.05) is 29.8 Å². The van der Waals surface area contributed by atoms with Gasteiger partial charge in [-0.05, 0) is 42.5 Å². The molecule has 0 amide bonds. The predicted molar refractivity (Wildman–Crippen MR) is 88.8 cm³/mol. The second kappa shape index (κ2) is 7.91. The molecule has 2 unspecified atom stereocenters. The lowest BCUT2D eigenvalue weighted by molar-refractivity contribution is 0.558. The first-order valence-electron chi connectivity index (χ1n) is 7.23. The number of benzene rings is 1. The highest BCUT2D eigenvalue weighted by Crippen LogP contribution is 2.26. The van der Waals surface area contributed by atoms with E-state index in [0.29, 0.717) is 5.92 Å². The van der Waals surface area contributed by atoms with Gasteiger partial charge in [0.05, 0.1) is 0 Å². The van der Waals surface area contributed by atoms with E-state index < -0.39 is 0 Å². The molecule has 0 saturated heterocycles. The van der Waals surface area contributed by atoms with Crippen LogP contribution in [-0.2, 0) is 6.42 Å². The zero-order valence-corrected chi connectivity index (χ0v) is 14.2. The summed E-state index contributed by atoms with van der Waals surface area (Å²) in [6.07, 6.45) is 3.17. The molecule has 108 valence electrons. The molecule has 0 fully saturated rings. The average Bonchev–Trinajstić information content (AvgIpc) is 2.38. The number of hydrogen-bond acceptors (Lipinski definition) is 2. The fourth-order valence-electron chi connectivity index (χ4n) is 2.21. The standard InChI is InChI=1S/C16H27BrN2/c1-5-12(3)11-19(4)16-8-7-14(17)9-13(16)10-15(18)6-2/h7-9,12,15H,5-6,10-11,18H2,1-4H3. The van der Waals surface area contributed by atoms with Crippen LogP contribution in [0.15, 0.2) is 22.7 Å². The summed E-state index contributed by atoms with van der Waals surface area (Å²) in [6.45, 7) is 7.78. The van der Waals surface area contributed by atoms with Crippen LogP contribution in [0.4, 0.5) is 5.69 Å². The summed E-state index contributed by atoms with van der Waals surface area (Å²) < 4.78 is 1.13. The molecule has 0 aromatic heterocycles. The van der Waals surface area contributed by atoms with Gasteiger partial charge in [-0.15, -0.1) is 0 Å². The monoisotopic (exact) mass is 326 g/mol. The van der Waals surface area contributed by atoms with E-state index in [2.05, 4.69) is 66.8 Å². The Morgan fingerprint density at radius 1 is 1.26 bits per heavy atom. The van der Waals surface area contributed by atoms with Crippen molar-refractivity contribution in [3.8, 4) is 0 Å². The Bertz CT molecular complexity index is 392. The highest BCUT2D eigenvalue weighted by atomic mass is 79.9. The van der Waals surface area contributed by atoms with Crippen molar-refractivity contribution < 1.29 is 0 Å². The summed E-state index contributed by atoms with van der Waals surface area (Å²) >= 11 is 3.56. The zero-order chi connectivity index (χ0) is 14.4. The van der Waals surface area contributed by atoms with Crippen molar-refractivity contribution >= 4 is 21.6 Å². The van der Waals surface area contributed by atoms with Crippen LogP contribution in [-0.4, -0.2) is 19.6 Å². The molecular formula is C16H27BrN2. The molecular weight excluding hydrogens is 300 g/mol. The normalized spacial score (nSPS) is 14.2. The van der Waals surface area contributed by atoms with Crippen LogP contribution in [0.2, 0.25) is 0 Å². The molecule has 1 aromatic rings. The topological polar surface area (TPSA) is 29.3 Å². The summed E-state index contributed by atoms with van der Waals surface area (Å²) in [6, 6.07) is 6.76. The lowest BCUT2D eigenvalue weighted by Gasteiger charge is -2.26. The molecule has 2 nitrogen and oxygen atoms in total. The minimum absolute atomic E-state index is 0.241. The lowest BCUT2D eigenvalue weighted by atomic mass is 10.0. The molecule has 0 radical (unpaired) electrons. The Hall–Kier alpha value is -0.540. The third kappa shape index (κ3) is 5.15. The van der Waals surface area contributed by atoms with Crippen LogP contribution >= 0.6 is 15.9 Å². The van der Waals surface area contributed by atoms with Crippen LogP contribution in [0.5, 0.6) is 0 Å². The van der Waals surface area contributed by atoms with E-state index in [0.717, 1.165) is 23.9 Å². The maximum absolute atomic E-state index is 6.12. The van der Waals surface area contributed by atoms with Crippen molar-refractivity contribution in [2.24, 2.45) is 11.7 Å². The average molecular weight is 327 g/mol. The summed E-state index contributed by atoms with van der Waals surface area (Å²) in [5.41, 5.74) is 8.77. The number of anilines is 1. The van der Waals surface area contributed by atoms with E-state index in [4.69, 9.17) is 5.73 Å². The van der Waals surface area contributed by atoms with Gasteiger partial charge in [-0.3, -0.25) is 0 Å². The predicted octanol–water partition coefficient (Wildman–Crippen LogP) is 4.21. The van der Waals surface area contributed by atoms with E-state index in [9.17, 15) is 0 Å². The van der Waals surface area contributed by atoms with Gasteiger partial charge in [0.2, 0.25) is 0 Å². The summed E-state index contributed by atoms with van der Waals surface area (Å²) in [5, 5.41) is 0. The molecule has 0 spiro atoms. The number of nitrogens with two attached hydrogens (primary N) is 1. The van der Waals surface area contributed by atoms with Gasteiger partial charge in [0.25, 0.3) is 0 Å².